The molecule has 0 atom stereocenters. The Balaban J connectivity index is 1.78. The molecule has 3 aromatic heterocycles. The predicted octanol–water partition coefficient (Wildman–Crippen LogP) is 2.49. The maximum atomic E-state index is 12.0. The minimum atomic E-state index is -0.508. The van der Waals surface area contributed by atoms with Gasteiger partial charge >= 0.3 is 5.76 Å². The number of nitrogens with zero attached hydrogens (tertiary/aromatic N) is 4. The van der Waals surface area contributed by atoms with Gasteiger partial charge in [-0.2, -0.15) is 4.68 Å². The summed E-state index contributed by atoms with van der Waals surface area (Å²) < 4.78 is 6.59. The quantitative estimate of drug-likeness (QED) is 0.581. The largest absolute Gasteiger partial charge is 0.437 e. The van der Waals surface area contributed by atoms with Crippen LogP contribution in [0.4, 0.5) is 0 Å². The van der Waals surface area contributed by atoms with E-state index in [0.29, 0.717) is 12.2 Å². The minimum Gasteiger partial charge on any atom is -0.386 e. The maximum Gasteiger partial charge on any atom is 0.437 e. The summed E-state index contributed by atoms with van der Waals surface area (Å²) in [6, 6.07) is 13.3. The van der Waals surface area contributed by atoms with E-state index in [4.69, 9.17) is 4.42 Å². The Morgan fingerprint density at radius 1 is 1.00 bits per heavy atom. The summed E-state index contributed by atoms with van der Waals surface area (Å²) in [5.41, 5.74) is 1.49. The van der Waals surface area contributed by atoms with E-state index in [2.05, 4.69) is 15.1 Å². The zero-order valence-electron chi connectivity index (χ0n) is 12.1. The summed E-state index contributed by atoms with van der Waals surface area (Å²) in [7, 11) is 0. The van der Waals surface area contributed by atoms with E-state index in [1.165, 1.54) is 4.68 Å². The van der Waals surface area contributed by atoms with Gasteiger partial charge in [0, 0.05) is 24.0 Å². The second-order valence-electron chi connectivity index (χ2n) is 5.07. The first-order chi connectivity index (χ1) is 11.3. The van der Waals surface area contributed by atoms with E-state index in [9.17, 15) is 4.79 Å². The molecule has 4 aromatic rings. The monoisotopic (exact) mass is 304 g/mol. The van der Waals surface area contributed by atoms with Gasteiger partial charge in [0.15, 0.2) is 0 Å². The van der Waals surface area contributed by atoms with Crippen LogP contribution in [-0.2, 0) is 6.54 Å². The smallest absolute Gasteiger partial charge is 0.386 e. The molecule has 0 spiro atoms. The molecular weight excluding hydrogens is 292 g/mol. The van der Waals surface area contributed by atoms with Crippen molar-refractivity contribution >= 4 is 10.8 Å². The zero-order chi connectivity index (χ0) is 15.6. The van der Waals surface area contributed by atoms with E-state index in [0.717, 1.165) is 16.3 Å². The van der Waals surface area contributed by atoms with Crippen molar-refractivity contribution in [3.8, 4) is 11.6 Å². The second kappa shape index (κ2) is 5.49. The van der Waals surface area contributed by atoms with Crippen molar-refractivity contribution in [2.45, 2.75) is 6.54 Å². The average molecular weight is 304 g/mol. The summed E-state index contributed by atoms with van der Waals surface area (Å²) in [4.78, 5) is 20.3. The Bertz CT molecular complexity index is 1020. The highest BCUT2D eigenvalue weighted by Crippen LogP contribution is 2.24. The highest BCUT2D eigenvalue weighted by atomic mass is 16.4. The van der Waals surface area contributed by atoms with Crippen molar-refractivity contribution < 1.29 is 4.42 Å². The second-order valence-corrected chi connectivity index (χ2v) is 5.07. The van der Waals surface area contributed by atoms with Gasteiger partial charge in [-0.25, -0.2) is 4.79 Å². The van der Waals surface area contributed by atoms with Crippen molar-refractivity contribution in [3.05, 3.63) is 77.2 Å². The Hall–Kier alpha value is -3.28. The van der Waals surface area contributed by atoms with Gasteiger partial charge in [-0.05, 0) is 29.1 Å². The third-order valence-electron chi connectivity index (χ3n) is 3.56. The van der Waals surface area contributed by atoms with E-state index in [1.54, 1.807) is 18.6 Å². The molecule has 0 aliphatic heterocycles. The fourth-order valence-corrected chi connectivity index (χ4v) is 2.45. The maximum absolute atomic E-state index is 12.0. The standard InChI is InChI=1S/C17H12N4O2/c22-17-21(11-12-5-8-18-9-6-12)20-16(23-17)15-14-4-2-1-3-13(14)7-10-19-15/h1-10H,11H2. The number of hydrogen-bond donors (Lipinski definition) is 0. The molecule has 0 unspecified atom stereocenters. The highest BCUT2D eigenvalue weighted by molar-refractivity contribution is 5.92. The molecule has 112 valence electrons. The lowest BCUT2D eigenvalue weighted by molar-refractivity contribution is 0.494. The van der Waals surface area contributed by atoms with Crippen LogP contribution in [-0.4, -0.2) is 19.7 Å². The lowest BCUT2D eigenvalue weighted by Crippen LogP contribution is -2.16. The summed E-state index contributed by atoms with van der Waals surface area (Å²) in [5, 5.41) is 6.19. The van der Waals surface area contributed by atoms with Crippen LogP contribution in [0.1, 0.15) is 5.56 Å². The van der Waals surface area contributed by atoms with Gasteiger partial charge in [0.2, 0.25) is 0 Å². The van der Waals surface area contributed by atoms with E-state index < -0.39 is 5.76 Å². The van der Waals surface area contributed by atoms with Crippen LogP contribution in [0.2, 0.25) is 0 Å². The van der Waals surface area contributed by atoms with Gasteiger partial charge in [-0.1, -0.05) is 24.3 Å². The minimum absolute atomic E-state index is 0.223. The number of aromatic nitrogens is 4. The normalized spacial score (nSPS) is 11.0. The van der Waals surface area contributed by atoms with Crippen molar-refractivity contribution in [1.82, 2.24) is 19.7 Å². The molecule has 0 bridgehead atoms. The first-order valence-corrected chi connectivity index (χ1v) is 7.12. The summed E-state index contributed by atoms with van der Waals surface area (Å²) in [5.74, 6) is -0.285. The molecule has 0 radical (unpaired) electrons. The van der Waals surface area contributed by atoms with Gasteiger partial charge in [0.25, 0.3) is 5.89 Å². The number of hydrogen-bond acceptors (Lipinski definition) is 5. The van der Waals surface area contributed by atoms with E-state index in [1.807, 2.05) is 42.5 Å². The Kier molecular flexibility index (Phi) is 3.20. The fraction of sp³-hybridized carbons (Fsp3) is 0.0588. The van der Waals surface area contributed by atoms with Crippen LogP contribution in [0.25, 0.3) is 22.4 Å². The topological polar surface area (TPSA) is 73.8 Å². The molecule has 4 rings (SSSR count). The molecule has 3 heterocycles. The summed E-state index contributed by atoms with van der Waals surface area (Å²) in [6.45, 7) is 0.329. The van der Waals surface area contributed by atoms with Crippen LogP contribution in [0, 0.1) is 0 Å². The summed E-state index contributed by atoms with van der Waals surface area (Å²) >= 11 is 0. The van der Waals surface area contributed by atoms with Gasteiger partial charge in [-0.3, -0.25) is 9.97 Å². The van der Waals surface area contributed by atoms with Gasteiger partial charge in [-0.15, -0.1) is 5.10 Å². The number of benzene rings is 1. The van der Waals surface area contributed by atoms with Crippen molar-refractivity contribution in [2.24, 2.45) is 0 Å². The third-order valence-corrected chi connectivity index (χ3v) is 3.56. The zero-order valence-corrected chi connectivity index (χ0v) is 12.1. The summed E-state index contributed by atoms with van der Waals surface area (Å²) in [6.07, 6.45) is 5.03. The first kappa shape index (κ1) is 13.4. The highest BCUT2D eigenvalue weighted by Gasteiger charge is 2.14. The van der Waals surface area contributed by atoms with Crippen molar-refractivity contribution in [2.75, 3.05) is 0 Å². The molecule has 6 heteroatoms. The predicted molar refractivity (Wildman–Crippen MR) is 84.8 cm³/mol. The van der Waals surface area contributed by atoms with Crippen LogP contribution in [0.3, 0.4) is 0 Å². The Morgan fingerprint density at radius 3 is 2.70 bits per heavy atom. The van der Waals surface area contributed by atoms with Gasteiger partial charge in [0.1, 0.15) is 5.69 Å². The third kappa shape index (κ3) is 2.50. The number of fused-ring (bicyclic) bond motifs is 1. The lowest BCUT2D eigenvalue weighted by Gasteiger charge is -2.01. The SMILES string of the molecule is O=c1oc(-c2nccc3ccccc23)nn1Cc1ccncc1. The fourth-order valence-electron chi connectivity index (χ4n) is 2.45. The molecule has 0 saturated heterocycles. The number of pyridine rings is 2. The Labute approximate surface area is 131 Å². The Morgan fingerprint density at radius 2 is 1.83 bits per heavy atom. The van der Waals surface area contributed by atoms with Crippen LogP contribution in [0.15, 0.2) is 70.3 Å². The number of rotatable bonds is 3. The molecule has 0 fully saturated rings. The molecule has 0 aliphatic rings. The van der Waals surface area contributed by atoms with Crippen molar-refractivity contribution in [3.63, 3.8) is 0 Å². The molecular formula is C17H12N4O2. The van der Waals surface area contributed by atoms with Gasteiger partial charge in [0.05, 0.1) is 6.54 Å². The van der Waals surface area contributed by atoms with Crippen LogP contribution < -0.4 is 5.76 Å². The molecule has 23 heavy (non-hydrogen) atoms. The van der Waals surface area contributed by atoms with Gasteiger partial charge < -0.3 is 4.42 Å². The molecule has 0 saturated carbocycles. The average Bonchev–Trinajstić information content (AvgIpc) is 2.96. The molecule has 1 aromatic carbocycles. The molecule has 6 nitrogen and oxygen atoms in total. The molecule has 0 aliphatic carbocycles. The van der Waals surface area contributed by atoms with Crippen molar-refractivity contribution in [1.29, 1.82) is 0 Å². The van der Waals surface area contributed by atoms with E-state index in [-0.39, 0.29) is 5.89 Å². The lowest BCUT2D eigenvalue weighted by atomic mass is 10.1. The molecule has 0 N–H and O–H groups in total. The van der Waals surface area contributed by atoms with Crippen LogP contribution >= 0.6 is 0 Å². The molecule has 0 amide bonds. The first-order valence-electron chi connectivity index (χ1n) is 7.12. The van der Waals surface area contributed by atoms with Crippen LogP contribution in [0.5, 0.6) is 0 Å². The van der Waals surface area contributed by atoms with E-state index >= 15 is 0 Å².